The summed E-state index contributed by atoms with van der Waals surface area (Å²) in [7, 11) is -7.84. The average Bonchev–Trinajstić information content (AvgIpc) is 2.94. The summed E-state index contributed by atoms with van der Waals surface area (Å²) in [6.07, 6.45) is 1.54. The largest absolute Gasteiger partial charge is 0.507 e. The molecule has 0 bridgehead atoms. The number of hydrogen-bond acceptors (Lipinski definition) is 9. The molecule has 0 radical (unpaired) electrons. The third-order valence-corrected chi connectivity index (χ3v) is 9.01. The number of amidine groups is 1. The van der Waals surface area contributed by atoms with E-state index in [1.54, 1.807) is 36.4 Å². The van der Waals surface area contributed by atoms with Crippen LogP contribution in [0.4, 0.5) is 0 Å². The van der Waals surface area contributed by atoms with Crippen LogP contribution in [0.15, 0.2) is 75.6 Å². The van der Waals surface area contributed by atoms with Gasteiger partial charge in [0.1, 0.15) is 16.4 Å². The Bertz CT molecular complexity index is 1690. The van der Waals surface area contributed by atoms with Gasteiger partial charge in [0.15, 0.2) is 21.8 Å². The molecular weight excluding hydrogens is 586 g/mol. The fraction of sp³-hybridized carbons (Fsp3) is 0.286. The van der Waals surface area contributed by atoms with Gasteiger partial charge in [0.25, 0.3) is 0 Å². The number of phenols is 1. The van der Waals surface area contributed by atoms with Crippen molar-refractivity contribution < 1.29 is 41.8 Å². The van der Waals surface area contributed by atoms with Gasteiger partial charge in [-0.1, -0.05) is 48.8 Å². The van der Waals surface area contributed by atoms with E-state index >= 15 is 0 Å². The van der Waals surface area contributed by atoms with Crippen LogP contribution in [0.2, 0.25) is 0 Å². The first-order chi connectivity index (χ1) is 19.8. The molecule has 0 aliphatic carbocycles. The smallest absolute Gasteiger partial charge is 0.344 e. The second kappa shape index (κ2) is 13.7. The maximum Gasteiger partial charge on any atom is 0.344 e. The molecule has 12 nitrogen and oxygen atoms in total. The monoisotopic (exact) mass is 619 g/mol. The number of carbonyl (C=O) groups is 1. The summed E-state index contributed by atoms with van der Waals surface area (Å²) in [5.41, 5.74) is 6.96. The van der Waals surface area contributed by atoms with Gasteiger partial charge in [-0.15, -0.1) is 0 Å². The normalized spacial score (nSPS) is 13.0. The molecule has 0 amide bonds. The van der Waals surface area contributed by atoms with Gasteiger partial charge in [-0.3, -0.25) is 0 Å². The quantitative estimate of drug-likeness (QED) is 0.0771. The highest BCUT2D eigenvalue weighted by Gasteiger charge is 2.23. The zero-order valence-electron chi connectivity index (χ0n) is 23.0. The molecule has 42 heavy (non-hydrogen) atoms. The number of phenolic OH excluding ortho intramolecular Hbond substituents is 1. The lowest BCUT2D eigenvalue weighted by Gasteiger charge is -2.19. The number of nitrogens with one attached hydrogen (secondary N) is 1. The summed E-state index contributed by atoms with van der Waals surface area (Å²) in [4.78, 5) is 11.5. The minimum Gasteiger partial charge on any atom is -0.507 e. The lowest BCUT2D eigenvalue weighted by Crippen LogP contribution is -2.28. The molecule has 0 heterocycles. The molecule has 0 fully saturated rings. The zero-order valence-corrected chi connectivity index (χ0v) is 24.7. The number of rotatable bonds is 14. The van der Waals surface area contributed by atoms with Crippen LogP contribution >= 0.6 is 0 Å². The van der Waals surface area contributed by atoms with E-state index in [0.29, 0.717) is 23.1 Å². The van der Waals surface area contributed by atoms with Crippen molar-refractivity contribution in [3.05, 3.63) is 71.8 Å². The molecule has 6 N–H and O–H groups in total. The minimum absolute atomic E-state index is 0.0589. The summed E-state index contributed by atoms with van der Waals surface area (Å²) in [6.45, 7) is 1.75. The number of nitrogens with zero attached hydrogens (tertiary/aromatic N) is 1. The Hall–Kier alpha value is -4.14. The molecule has 3 aromatic carbocycles. The molecule has 0 aliphatic rings. The number of benzene rings is 3. The lowest BCUT2D eigenvalue weighted by atomic mass is 10.0. The van der Waals surface area contributed by atoms with Crippen molar-refractivity contribution in [3.8, 4) is 22.6 Å². The first-order valence-corrected chi connectivity index (χ1v) is 16.3. The van der Waals surface area contributed by atoms with Crippen LogP contribution in [0, 0.1) is 0 Å². The average molecular weight is 620 g/mol. The van der Waals surface area contributed by atoms with Crippen molar-refractivity contribution in [2.24, 2.45) is 10.9 Å². The van der Waals surface area contributed by atoms with Crippen LogP contribution in [-0.4, -0.2) is 63.0 Å². The molecule has 1 atom stereocenters. The van der Waals surface area contributed by atoms with E-state index in [4.69, 9.17) is 15.7 Å². The number of unbranched alkanes of at least 4 members (excludes halogenated alkanes) is 1. The first kappa shape index (κ1) is 32.4. The number of carboxylic acids is 1. The Morgan fingerprint density at radius 1 is 1.05 bits per heavy atom. The maximum atomic E-state index is 13.0. The molecule has 1 unspecified atom stereocenters. The van der Waals surface area contributed by atoms with Crippen molar-refractivity contribution in [2.75, 3.05) is 12.8 Å². The number of sulfonamides is 1. The van der Waals surface area contributed by atoms with E-state index < -0.39 is 42.6 Å². The van der Waals surface area contributed by atoms with Crippen LogP contribution in [0.1, 0.15) is 37.3 Å². The number of nitrogens with two attached hydrogens (primary N) is 1. The number of aromatic hydroxyl groups is 1. The van der Waals surface area contributed by atoms with Crippen molar-refractivity contribution in [1.29, 1.82) is 0 Å². The van der Waals surface area contributed by atoms with E-state index in [1.165, 1.54) is 12.1 Å². The third kappa shape index (κ3) is 7.99. The van der Waals surface area contributed by atoms with Crippen molar-refractivity contribution in [1.82, 2.24) is 4.72 Å². The molecule has 0 spiro atoms. The number of carboxylic acid groups (broad SMARTS) is 1. The Balaban J connectivity index is 1.96. The lowest BCUT2D eigenvalue weighted by molar-refractivity contribution is -0.145. The summed E-state index contributed by atoms with van der Waals surface area (Å²) >= 11 is 0. The zero-order chi connectivity index (χ0) is 31.1. The molecule has 3 aromatic rings. The number of aliphatic carboxylic acids is 1. The molecule has 3 rings (SSSR count). The van der Waals surface area contributed by atoms with Gasteiger partial charge in [0.05, 0.1) is 4.90 Å². The van der Waals surface area contributed by atoms with Gasteiger partial charge in [-0.25, -0.2) is 26.4 Å². The Morgan fingerprint density at radius 3 is 2.40 bits per heavy atom. The highest BCUT2D eigenvalue weighted by molar-refractivity contribution is 7.91. The molecule has 0 aliphatic heterocycles. The Kier molecular flexibility index (Phi) is 10.5. The molecule has 226 valence electrons. The number of oxime groups is 1. The van der Waals surface area contributed by atoms with E-state index in [-0.39, 0.29) is 41.4 Å². The van der Waals surface area contributed by atoms with Crippen LogP contribution in [0.25, 0.3) is 11.1 Å². The minimum atomic E-state index is -4.25. The van der Waals surface area contributed by atoms with Gasteiger partial charge < -0.3 is 25.9 Å². The number of hydrogen-bond donors (Lipinski definition) is 5. The van der Waals surface area contributed by atoms with E-state index in [2.05, 4.69) is 9.88 Å². The Morgan fingerprint density at radius 2 is 1.76 bits per heavy atom. The number of ether oxygens (including phenoxy) is 1. The topological polar surface area (TPSA) is 206 Å². The fourth-order valence-corrected chi connectivity index (χ4v) is 6.25. The SMILES string of the molecule is CCCCC(Oc1cc(-c2ccccc2S(C)(=O)=O)ccc1CCNS(=O)(=O)c1cc(C(N)=NO)ccc1O)C(=O)O. The molecular formula is C28H33N3O9S2. The van der Waals surface area contributed by atoms with Crippen molar-refractivity contribution in [2.45, 2.75) is 48.5 Å². The van der Waals surface area contributed by atoms with Crippen LogP contribution in [0.3, 0.4) is 0 Å². The second-order valence-electron chi connectivity index (χ2n) is 9.49. The summed E-state index contributed by atoms with van der Waals surface area (Å²) < 4.78 is 59.0. The van der Waals surface area contributed by atoms with Gasteiger partial charge in [-0.05, 0) is 60.7 Å². The molecule has 0 saturated heterocycles. The van der Waals surface area contributed by atoms with Gasteiger partial charge in [0.2, 0.25) is 10.0 Å². The van der Waals surface area contributed by atoms with Crippen LogP contribution in [-0.2, 0) is 31.1 Å². The standard InChI is InChI=1S/C28H33N3O9S2/c1-3-4-8-23(28(33)34)40-24-16-19(21-7-5-6-9-25(21)41(2,36)37)11-10-18(24)14-15-30-42(38,39)26-17-20(27(29)31-35)12-13-22(26)32/h5-7,9-13,16-17,23,30,32,35H,3-4,8,14-15H2,1-2H3,(H2,29,31)(H,33,34). The van der Waals surface area contributed by atoms with Crippen molar-refractivity contribution >= 4 is 31.7 Å². The fourth-order valence-electron chi connectivity index (χ4n) is 4.19. The van der Waals surface area contributed by atoms with E-state index in [1.807, 2.05) is 6.92 Å². The predicted molar refractivity (Wildman–Crippen MR) is 156 cm³/mol. The van der Waals surface area contributed by atoms with Gasteiger partial charge >= 0.3 is 5.97 Å². The highest BCUT2D eigenvalue weighted by atomic mass is 32.2. The number of sulfone groups is 1. The summed E-state index contributed by atoms with van der Waals surface area (Å²) in [6, 6.07) is 14.6. The van der Waals surface area contributed by atoms with Crippen LogP contribution in [0.5, 0.6) is 11.5 Å². The molecule has 0 aromatic heterocycles. The molecule has 0 saturated carbocycles. The van der Waals surface area contributed by atoms with Gasteiger partial charge in [-0.2, -0.15) is 0 Å². The first-order valence-electron chi connectivity index (χ1n) is 12.9. The predicted octanol–water partition coefficient (Wildman–Crippen LogP) is 3.10. The summed E-state index contributed by atoms with van der Waals surface area (Å²) in [5, 5.41) is 31.6. The maximum absolute atomic E-state index is 13.0. The third-order valence-electron chi connectivity index (χ3n) is 6.37. The Labute approximate surface area is 244 Å². The van der Waals surface area contributed by atoms with Crippen molar-refractivity contribution in [3.63, 3.8) is 0 Å². The highest BCUT2D eigenvalue weighted by Crippen LogP contribution is 2.33. The van der Waals surface area contributed by atoms with E-state index in [9.17, 15) is 31.8 Å². The second-order valence-corrected chi connectivity index (χ2v) is 13.2. The van der Waals surface area contributed by atoms with Crippen LogP contribution < -0.4 is 15.2 Å². The van der Waals surface area contributed by atoms with Gasteiger partial charge in [0, 0.05) is 23.9 Å². The van der Waals surface area contributed by atoms with E-state index in [0.717, 1.165) is 24.8 Å². The summed E-state index contributed by atoms with van der Waals surface area (Å²) in [5.74, 6) is -1.90. The molecule has 14 heteroatoms.